The normalized spacial score (nSPS) is 13.2. The van der Waals surface area contributed by atoms with Crippen LogP contribution in [0.25, 0.3) is 0 Å². The van der Waals surface area contributed by atoms with Crippen molar-refractivity contribution in [1.29, 1.82) is 0 Å². The molecule has 1 aromatic heterocycles. The molecule has 5 heteroatoms. The van der Waals surface area contributed by atoms with Crippen LogP contribution < -0.4 is 9.64 Å². The topological polar surface area (TPSA) is 55.3 Å². The Hall–Kier alpha value is -2.43. The van der Waals surface area contributed by atoms with Crippen LogP contribution in [0.4, 0.5) is 5.69 Å². The van der Waals surface area contributed by atoms with Crippen LogP contribution in [-0.2, 0) is 17.6 Å². The smallest absolute Gasteiger partial charge is 0.231 e. The predicted molar refractivity (Wildman–Crippen MR) is 74.8 cm³/mol. The van der Waals surface area contributed by atoms with Crippen LogP contribution >= 0.6 is 0 Å². The van der Waals surface area contributed by atoms with Gasteiger partial charge in [0.05, 0.1) is 13.5 Å². The third-order valence-electron chi connectivity index (χ3n) is 3.45. The van der Waals surface area contributed by atoms with E-state index in [2.05, 4.69) is 9.97 Å². The van der Waals surface area contributed by atoms with Crippen LogP contribution in [0.2, 0.25) is 0 Å². The van der Waals surface area contributed by atoms with Crippen molar-refractivity contribution in [3.63, 3.8) is 0 Å². The predicted octanol–water partition coefficient (Wildman–Crippen LogP) is 1.62. The highest BCUT2D eigenvalue weighted by atomic mass is 16.5. The molecule has 0 saturated heterocycles. The van der Waals surface area contributed by atoms with Crippen LogP contribution in [-0.4, -0.2) is 29.5 Å². The summed E-state index contributed by atoms with van der Waals surface area (Å²) >= 11 is 0. The molecule has 20 heavy (non-hydrogen) atoms. The van der Waals surface area contributed by atoms with E-state index < -0.39 is 0 Å². The molecule has 0 aliphatic carbocycles. The van der Waals surface area contributed by atoms with Gasteiger partial charge in [-0.25, -0.2) is 9.97 Å². The molecule has 0 spiro atoms. The van der Waals surface area contributed by atoms with E-state index in [1.165, 1.54) is 6.33 Å². The lowest BCUT2D eigenvalue weighted by molar-refractivity contribution is -0.117. The molecule has 3 rings (SSSR count). The van der Waals surface area contributed by atoms with E-state index in [1.807, 2.05) is 23.1 Å². The highest BCUT2D eigenvalue weighted by molar-refractivity contribution is 5.96. The Morgan fingerprint density at radius 2 is 2.15 bits per heavy atom. The van der Waals surface area contributed by atoms with Crippen LogP contribution in [0, 0.1) is 0 Å². The summed E-state index contributed by atoms with van der Waals surface area (Å²) in [5.41, 5.74) is 2.97. The minimum absolute atomic E-state index is 0.0729. The van der Waals surface area contributed by atoms with Gasteiger partial charge in [0.1, 0.15) is 12.1 Å². The molecule has 2 heterocycles. The first kappa shape index (κ1) is 12.6. The minimum atomic E-state index is 0.0729. The maximum absolute atomic E-state index is 12.4. The summed E-state index contributed by atoms with van der Waals surface area (Å²) in [5.74, 6) is 0.901. The maximum Gasteiger partial charge on any atom is 0.231 e. The van der Waals surface area contributed by atoms with Gasteiger partial charge in [0.25, 0.3) is 0 Å². The van der Waals surface area contributed by atoms with Crippen molar-refractivity contribution in [1.82, 2.24) is 9.97 Å². The Kier molecular flexibility index (Phi) is 3.33. The molecule has 0 bridgehead atoms. The fourth-order valence-corrected chi connectivity index (χ4v) is 2.46. The SMILES string of the molecule is COc1ccc2c(c1)CCN2C(=O)Cc1cncnc1. The third kappa shape index (κ3) is 2.34. The number of ether oxygens (including phenoxy) is 1. The van der Waals surface area contributed by atoms with E-state index in [0.717, 1.165) is 35.5 Å². The number of amides is 1. The molecule has 1 aliphatic heterocycles. The number of methoxy groups -OCH3 is 1. The van der Waals surface area contributed by atoms with Gasteiger partial charge in [-0.3, -0.25) is 4.79 Å². The number of aromatic nitrogens is 2. The van der Waals surface area contributed by atoms with E-state index >= 15 is 0 Å². The lowest BCUT2D eigenvalue weighted by atomic mass is 10.1. The minimum Gasteiger partial charge on any atom is -0.497 e. The summed E-state index contributed by atoms with van der Waals surface area (Å²) in [6.07, 6.45) is 6.01. The van der Waals surface area contributed by atoms with E-state index in [-0.39, 0.29) is 5.91 Å². The van der Waals surface area contributed by atoms with Gasteiger partial charge in [-0.2, -0.15) is 0 Å². The average molecular weight is 269 g/mol. The first-order chi connectivity index (χ1) is 9.78. The molecule has 0 fully saturated rings. The standard InChI is InChI=1S/C15H15N3O2/c1-20-13-2-3-14-12(7-13)4-5-18(14)15(19)6-11-8-16-10-17-9-11/h2-3,7-10H,4-6H2,1H3. The zero-order chi connectivity index (χ0) is 13.9. The van der Waals surface area contributed by atoms with E-state index in [9.17, 15) is 4.79 Å². The molecule has 5 nitrogen and oxygen atoms in total. The van der Waals surface area contributed by atoms with E-state index in [0.29, 0.717) is 6.42 Å². The summed E-state index contributed by atoms with van der Waals surface area (Å²) in [5, 5.41) is 0. The molecule has 1 aliphatic rings. The largest absolute Gasteiger partial charge is 0.497 e. The Bertz CT molecular complexity index is 628. The van der Waals surface area contributed by atoms with E-state index in [4.69, 9.17) is 4.74 Å². The molecule has 0 N–H and O–H groups in total. The van der Waals surface area contributed by atoms with Crippen LogP contribution in [0.1, 0.15) is 11.1 Å². The van der Waals surface area contributed by atoms with Crippen LogP contribution in [0.5, 0.6) is 5.75 Å². The summed E-state index contributed by atoms with van der Waals surface area (Å²) in [6, 6.07) is 5.82. The Morgan fingerprint density at radius 1 is 1.35 bits per heavy atom. The van der Waals surface area contributed by atoms with Gasteiger partial charge >= 0.3 is 0 Å². The fraction of sp³-hybridized carbons (Fsp3) is 0.267. The second-order valence-electron chi connectivity index (χ2n) is 4.71. The molecule has 102 valence electrons. The second-order valence-corrected chi connectivity index (χ2v) is 4.71. The Balaban J connectivity index is 1.79. The van der Waals surface area contributed by atoms with Crippen molar-refractivity contribution < 1.29 is 9.53 Å². The second kappa shape index (κ2) is 5.28. The van der Waals surface area contributed by atoms with Crippen molar-refractivity contribution in [2.75, 3.05) is 18.6 Å². The number of hydrogen-bond acceptors (Lipinski definition) is 4. The Labute approximate surface area is 117 Å². The van der Waals surface area contributed by atoms with Crippen LogP contribution in [0.3, 0.4) is 0 Å². The van der Waals surface area contributed by atoms with Crippen LogP contribution in [0.15, 0.2) is 36.9 Å². The number of anilines is 1. The zero-order valence-electron chi connectivity index (χ0n) is 11.2. The van der Waals surface area contributed by atoms with Gasteiger partial charge in [0.15, 0.2) is 0 Å². The number of rotatable bonds is 3. The van der Waals surface area contributed by atoms with Gasteiger partial charge in [-0.15, -0.1) is 0 Å². The number of carbonyl (C=O) groups excluding carboxylic acids is 1. The van der Waals surface area contributed by atoms with Crippen molar-refractivity contribution in [2.45, 2.75) is 12.8 Å². The number of nitrogens with zero attached hydrogens (tertiary/aromatic N) is 3. The van der Waals surface area contributed by atoms with Gasteiger partial charge in [0.2, 0.25) is 5.91 Å². The van der Waals surface area contributed by atoms with Crippen molar-refractivity contribution in [3.05, 3.63) is 48.0 Å². The molecule has 0 atom stereocenters. The highest BCUT2D eigenvalue weighted by Crippen LogP contribution is 2.31. The molecular weight excluding hydrogens is 254 g/mol. The van der Waals surface area contributed by atoms with Gasteiger partial charge in [-0.05, 0) is 35.7 Å². The first-order valence-electron chi connectivity index (χ1n) is 6.49. The summed E-state index contributed by atoms with van der Waals surface area (Å²) < 4.78 is 5.21. The molecule has 0 saturated carbocycles. The maximum atomic E-state index is 12.4. The summed E-state index contributed by atoms with van der Waals surface area (Å²) in [6.45, 7) is 0.717. The quantitative estimate of drug-likeness (QED) is 0.849. The van der Waals surface area contributed by atoms with Crippen molar-refractivity contribution in [3.8, 4) is 5.75 Å². The first-order valence-corrected chi connectivity index (χ1v) is 6.49. The number of carbonyl (C=O) groups is 1. The van der Waals surface area contributed by atoms with E-state index in [1.54, 1.807) is 19.5 Å². The molecule has 0 radical (unpaired) electrons. The van der Waals surface area contributed by atoms with Crippen molar-refractivity contribution >= 4 is 11.6 Å². The number of benzene rings is 1. The molecule has 1 aromatic carbocycles. The van der Waals surface area contributed by atoms with Gasteiger partial charge < -0.3 is 9.64 Å². The molecule has 0 unspecified atom stereocenters. The lowest BCUT2D eigenvalue weighted by Crippen LogP contribution is -2.30. The summed E-state index contributed by atoms with van der Waals surface area (Å²) in [4.78, 5) is 22.1. The molecular formula is C15H15N3O2. The summed E-state index contributed by atoms with van der Waals surface area (Å²) in [7, 11) is 1.65. The van der Waals surface area contributed by atoms with Gasteiger partial charge in [0, 0.05) is 24.6 Å². The molecule has 2 aromatic rings. The number of fused-ring (bicyclic) bond motifs is 1. The lowest BCUT2D eigenvalue weighted by Gasteiger charge is -2.17. The fourth-order valence-electron chi connectivity index (χ4n) is 2.46. The third-order valence-corrected chi connectivity index (χ3v) is 3.45. The monoisotopic (exact) mass is 269 g/mol. The Morgan fingerprint density at radius 3 is 2.90 bits per heavy atom. The number of hydrogen-bond donors (Lipinski definition) is 0. The van der Waals surface area contributed by atoms with Gasteiger partial charge in [-0.1, -0.05) is 0 Å². The average Bonchev–Trinajstić information content (AvgIpc) is 2.91. The highest BCUT2D eigenvalue weighted by Gasteiger charge is 2.24. The molecule has 1 amide bonds. The zero-order valence-corrected chi connectivity index (χ0v) is 11.2. The van der Waals surface area contributed by atoms with Crippen molar-refractivity contribution in [2.24, 2.45) is 0 Å².